The molecule has 4 N–H and O–H groups in total. The zero-order chi connectivity index (χ0) is 20.8. The maximum absolute atomic E-state index is 11.8. The normalized spacial score (nSPS) is 12.7. The van der Waals surface area contributed by atoms with E-state index < -0.39 is 0 Å². The highest BCUT2D eigenvalue weighted by molar-refractivity contribution is 5.90. The Kier molecular flexibility index (Phi) is 12.0. The maximum atomic E-state index is 11.8. The quantitative estimate of drug-likeness (QED) is 0.325. The summed E-state index contributed by atoms with van der Waals surface area (Å²) in [4.78, 5) is 16.4. The highest BCUT2D eigenvalue weighted by atomic mass is 16.3. The van der Waals surface area contributed by atoms with Crippen LogP contribution in [-0.4, -0.2) is 36.7 Å². The van der Waals surface area contributed by atoms with Gasteiger partial charge in [-0.25, -0.2) is 4.99 Å². The van der Waals surface area contributed by atoms with E-state index in [2.05, 4.69) is 34.8 Å². The van der Waals surface area contributed by atoms with Gasteiger partial charge in [-0.1, -0.05) is 32.9 Å². The molecule has 1 aromatic carbocycles. The Bertz CT molecular complexity index is 602. The molecular formula is C22H38N4O2. The molecule has 1 aromatic rings. The molecule has 1 atom stereocenters. The number of aliphatic imine (C=N–C) groups is 1. The van der Waals surface area contributed by atoms with Crippen LogP contribution in [0, 0.1) is 11.8 Å². The van der Waals surface area contributed by atoms with E-state index in [1.54, 1.807) is 0 Å². The lowest BCUT2D eigenvalue weighted by atomic mass is 9.94. The number of aliphatic hydroxyl groups excluding tert-OH is 1. The zero-order valence-corrected chi connectivity index (χ0v) is 17.9. The number of hydrogen-bond donors (Lipinski definition) is 4. The van der Waals surface area contributed by atoms with Crippen molar-refractivity contribution < 1.29 is 9.90 Å². The summed E-state index contributed by atoms with van der Waals surface area (Å²) >= 11 is 0. The van der Waals surface area contributed by atoms with Crippen LogP contribution in [0.1, 0.15) is 58.9 Å². The van der Waals surface area contributed by atoms with E-state index in [1.165, 1.54) is 0 Å². The van der Waals surface area contributed by atoms with Crippen LogP contribution < -0.4 is 16.0 Å². The van der Waals surface area contributed by atoms with Gasteiger partial charge in [0, 0.05) is 31.8 Å². The van der Waals surface area contributed by atoms with Crippen molar-refractivity contribution in [2.75, 3.05) is 25.0 Å². The predicted octanol–water partition coefficient (Wildman–Crippen LogP) is 3.53. The molecule has 0 aliphatic carbocycles. The van der Waals surface area contributed by atoms with Crippen molar-refractivity contribution in [2.24, 2.45) is 16.8 Å². The fourth-order valence-electron chi connectivity index (χ4n) is 3.10. The van der Waals surface area contributed by atoms with Gasteiger partial charge >= 0.3 is 0 Å². The van der Waals surface area contributed by atoms with Crippen molar-refractivity contribution in [3.8, 4) is 0 Å². The Morgan fingerprint density at radius 2 is 2.00 bits per heavy atom. The minimum Gasteiger partial charge on any atom is -0.396 e. The zero-order valence-electron chi connectivity index (χ0n) is 17.9. The lowest BCUT2D eigenvalue weighted by Crippen LogP contribution is -2.40. The summed E-state index contributed by atoms with van der Waals surface area (Å²) in [6.45, 7) is 10.8. The molecule has 6 heteroatoms. The Hall–Kier alpha value is -2.08. The molecule has 1 rings (SSSR count). The minimum atomic E-state index is 0.0400. The van der Waals surface area contributed by atoms with Crippen LogP contribution in [0.15, 0.2) is 29.3 Å². The summed E-state index contributed by atoms with van der Waals surface area (Å²) in [5.74, 6) is 1.84. The minimum absolute atomic E-state index is 0.0400. The van der Waals surface area contributed by atoms with Crippen LogP contribution in [0.25, 0.3) is 0 Å². The fraction of sp³-hybridized carbons (Fsp3) is 0.636. The van der Waals surface area contributed by atoms with Crippen LogP contribution in [0.5, 0.6) is 0 Å². The predicted molar refractivity (Wildman–Crippen MR) is 117 cm³/mol. The molecule has 6 nitrogen and oxygen atoms in total. The average Bonchev–Trinajstić information content (AvgIpc) is 2.64. The summed E-state index contributed by atoms with van der Waals surface area (Å²) in [7, 11) is 0. The van der Waals surface area contributed by atoms with Crippen molar-refractivity contribution >= 4 is 17.6 Å². The Morgan fingerprint density at radius 1 is 1.21 bits per heavy atom. The summed E-state index contributed by atoms with van der Waals surface area (Å²) in [6.07, 6.45) is 3.24. The Labute approximate surface area is 170 Å². The highest BCUT2D eigenvalue weighted by Gasteiger charge is 2.11. The van der Waals surface area contributed by atoms with E-state index in [9.17, 15) is 9.90 Å². The monoisotopic (exact) mass is 390 g/mol. The van der Waals surface area contributed by atoms with Gasteiger partial charge in [0.05, 0.1) is 6.54 Å². The molecule has 0 bridgehead atoms. The smallest absolute Gasteiger partial charge is 0.224 e. The second kappa shape index (κ2) is 14.0. The van der Waals surface area contributed by atoms with Gasteiger partial charge in [0.1, 0.15) is 0 Å². The summed E-state index contributed by atoms with van der Waals surface area (Å²) in [5, 5.41) is 18.9. The average molecular weight is 391 g/mol. The van der Waals surface area contributed by atoms with E-state index in [1.807, 2.05) is 38.1 Å². The molecule has 0 radical (unpaired) electrons. The molecule has 0 aliphatic rings. The van der Waals surface area contributed by atoms with Gasteiger partial charge in [-0.3, -0.25) is 4.79 Å². The van der Waals surface area contributed by atoms with Crippen molar-refractivity contribution in [3.05, 3.63) is 29.8 Å². The first-order valence-corrected chi connectivity index (χ1v) is 10.5. The summed E-state index contributed by atoms with van der Waals surface area (Å²) < 4.78 is 0. The lowest BCUT2D eigenvalue weighted by molar-refractivity contribution is -0.116. The van der Waals surface area contributed by atoms with Crippen molar-refractivity contribution in [3.63, 3.8) is 0 Å². The molecule has 0 aromatic heterocycles. The molecule has 0 fully saturated rings. The van der Waals surface area contributed by atoms with Gasteiger partial charge in [-0.2, -0.15) is 0 Å². The molecule has 28 heavy (non-hydrogen) atoms. The molecule has 1 amide bonds. The summed E-state index contributed by atoms with van der Waals surface area (Å²) in [6, 6.07) is 7.81. The second-order valence-electron chi connectivity index (χ2n) is 7.58. The largest absolute Gasteiger partial charge is 0.396 e. The third-order valence-electron chi connectivity index (χ3n) is 4.35. The molecule has 0 heterocycles. The van der Waals surface area contributed by atoms with Gasteiger partial charge in [0.15, 0.2) is 5.96 Å². The first kappa shape index (κ1) is 24.0. The number of amides is 1. The second-order valence-corrected chi connectivity index (χ2v) is 7.58. The first-order valence-electron chi connectivity index (χ1n) is 10.5. The SMILES string of the molecule is CCCC(=O)Nc1cccc(CN=C(NCC)NCC(CCO)CC(C)C)c1. The van der Waals surface area contributed by atoms with E-state index >= 15 is 0 Å². The number of rotatable bonds is 12. The van der Waals surface area contributed by atoms with Gasteiger partial charge in [0.25, 0.3) is 0 Å². The number of anilines is 1. The molecular weight excluding hydrogens is 352 g/mol. The van der Waals surface area contributed by atoms with Crippen molar-refractivity contribution in [1.29, 1.82) is 0 Å². The number of hydrogen-bond acceptors (Lipinski definition) is 3. The van der Waals surface area contributed by atoms with Crippen LogP contribution in [0.4, 0.5) is 5.69 Å². The van der Waals surface area contributed by atoms with E-state index in [4.69, 9.17) is 0 Å². The third-order valence-corrected chi connectivity index (χ3v) is 4.35. The maximum Gasteiger partial charge on any atom is 0.224 e. The van der Waals surface area contributed by atoms with Gasteiger partial charge in [-0.15, -0.1) is 0 Å². The van der Waals surface area contributed by atoms with E-state index in [-0.39, 0.29) is 12.5 Å². The van der Waals surface area contributed by atoms with Crippen molar-refractivity contribution in [1.82, 2.24) is 10.6 Å². The van der Waals surface area contributed by atoms with Gasteiger partial charge in [-0.05, 0) is 55.7 Å². The molecule has 0 saturated carbocycles. The number of carbonyl (C=O) groups excluding carboxylic acids is 1. The van der Waals surface area contributed by atoms with E-state index in [0.29, 0.717) is 24.8 Å². The van der Waals surface area contributed by atoms with Crippen LogP contribution in [0.2, 0.25) is 0 Å². The number of guanidine groups is 1. The molecule has 0 spiro atoms. The fourth-order valence-corrected chi connectivity index (χ4v) is 3.10. The number of nitrogens with one attached hydrogen (secondary N) is 3. The highest BCUT2D eigenvalue weighted by Crippen LogP contribution is 2.14. The Morgan fingerprint density at radius 3 is 2.64 bits per heavy atom. The van der Waals surface area contributed by atoms with Gasteiger partial charge in [0.2, 0.25) is 5.91 Å². The van der Waals surface area contributed by atoms with Crippen LogP contribution in [0.3, 0.4) is 0 Å². The first-order chi connectivity index (χ1) is 13.5. The standard InChI is InChI=1S/C22H38N4O2/c1-5-8-21(28)26-20-10-7-9-18(14-20)15-24-22(23-6-2)25-16-19(11-12-27)13-17(3)4/h7,9-10,14,17,19,27H,5-6,8,11-13,15-16H2,1-4H3,(H,26,28)(H2,23,24,25). The lowest BCUT2D eigenvalue weighted by Gasteiger charge is -2.20. The summed E-state index contributed by atoms with van der Waals surface area (Å²) in [5.41, 5.74) is 1.85. The van der Waals surface area contributed by atoms with Crippen LogP contribution in [-0.2, 0) is 11.3 Å². The van der Waals surface area contributed by atoms with Crippen molar-refractivity contribution in [2.45, 2.75) is 59.9 Å². The number of nitrogens with zero attached hydrogens (tertiary/aromatic N) is 1. The Balaban J connectivity index is 2.69. The third kappa shape index (κ3) is 10.3. The van der Waals surface area contributed by atoms with E-state index in [0.717, 1.165) is 49.6 Å². The molecule has 1 unspecified atom stereocenters. The van der Waals surface area contributed by atoms with Gasteiger partial charge < -0.3 is 21.1 Å². The molecule has 0 saturated heterocycles. The topological polar surface area (TPSA) is 85.8 Å². The van der Waals surface area contributed by atoms with Crippen LogP contribution >= 0.6 is 0 Å². The number of aliphatic hydroxyl groups is 1. The number of carbonyl (C=O) groups is 1. The molecule has 158 valence electrons. The number of benzene rings is 1. The molecule has 0 aliphatic heterocycles.